The molecule has 3 nitrogen and oxygen atoms in total. The Kier molecular flexibility index (Phi) is 2.50. The molecule has 1 unspecified atom stereocenters. The molecule has 3 heteroatoms. The Morgan fingerprint density at radius 3 is 2.93 bits per heavy atom. The molecule has 1 aromatic carbocycles. The number of aliphatic hydroxyl groups excluding tert-OH is 1. The van der Waals surface area contributed by atoms with Crippen LogP contribution in [0.1, 0.15) is 12.5 Å². The molecule has 0 aliphatic carbocycles. The van der Waals surface area contributed by atoms with E-state index in [1.807, 2.05) is 31.3 Å². The number of aliphatic hydroxyl groups is 1. The van der Waals surface area contributed by atoms with Crippen LogP contribution in [0.25, 0.3) is 10.9 Å². The smallest absolute Gasteiger partial charge is 0.0611 e. The van der Waals surface area contributed by atoms with Gasteiger partial charge < -0.3 is 15.8 Å². The Labute approximate surface area is 88.9 Å². The van der Waals surface area contributed by atoms with Crippen LogP contribution in [-0.2, 0) is 6.42 Å². The molecule has 0 fully saturated rings. The van der Waals surface area contributed by atoms with Crippen molar-refractivity contribution in [2.24, 2.45) is 5.73 Å². The predicted molar refractivity (Wildman–Crippen MR) is 61.7 cm³/mol. The van der Waals surface area contributed by atoms with E-state index in [0.717, 1.165) is 11.1 Å². The van der Waals surface area contributed by atoms with Crippen molar-refractivity contribution >= 4 is 10.9 Å². The number of rotatable bonds is 3. The highest BCUT2D eigenvalue weighted by Gasteiger charge is 2.18. The Morgan fingerprint density at radius 2 is 2.20 bits per heavy atom. The number of para-hydroxylation sites is 1. The summed E-state index contributed by atoms with van der Waals surface area (Å²) in [4.78, 5) is 3.20. The van der Waals surface area contributed by atoms with Crippen LogP contribution in [0.5, 0.6) is 0 Å². The molecule has 0 radical (unpaired) electrons. The van der Waals surface area contributed by atoms with E-state index in [1.165, 1.54) is 5.39 Å². The minimum absolute atomic E-state index is 0.00983. The summed E-state index contributed by atoms with van der Waals surface area (Å²) < 4.78 is 0. The fraction of sp³-hybridized carbons (Fsp3) is 0.333. The number of H-pyrrole nitrogens is 1. The average Bonchev–Trinajstić information content (AvgIpc) is 2.66. The summed E-state index contributed by atoms with van der Waals surface area (Å²) >= 11 is 0. The van der Waals surface area contributed by atoms with Crippen molar-refractivity contribution in [2.45, 2.75) is 18.9 Å². The molecule has 15 heavy (non-hydrogen) atoms. The zero-order valence-corrected chi connectivity index (χ0v) is 8.83. The van der Waals surface area contributed by atoms with Crippen molar-refractivity contribution in [2.75, 3.05) is 6.61 Å². The molecule has 4 N–H and O–H groups in total. The molecular weight excluding hydrogens is 188 g/mol. The highest BCUT2D eigenvalue weighted by molar-refractivity contribution is 5.82. The number of benzene rings is 1. The van der Waals surface area contributed by atoms with Crippen LogP contribution in [-0.4, -0.2) is 22.2 Å². The molecule has 0 bridgehead atoms. The average molecular weight is 204 g/mol. The van der Waals surface area contributed by atoms with Gasteiger partial charge in [0.05, 0.1) is 6.61 Å². The zero-order valence-electron chi connectivity index (χ0n) is 8.83. The summed E-state index contributed by atoms with van der Waals surface area (Å²) in [5, 5.41) is 10.3. The first kappa shape index (κ1) is 10.2. The quantitative estimate of drug-likeness (QED) is 0.708. The van der Waals surface area contributed by atoms with E-state index in [1.54, 1.807) is 0 Å². The third-order valence-electron chi connectivity index (χ3n) is 2.63. The predicted octanol–water partition coefficient (Wildman–Crippen LogP) is 1.42. The molecule has 0 aliphatic heterocycles. The minimum Gasteiger partial charge on any atom is -0.394 e. The van der Waals surface area contributed by atoms with E-state index < -0.39 is 5.54 Å². The van der Waals surface area contributed by atoms with Gasteiger partial charge in [-0.15, -0.1) is 0 Å². The van der Waals surface area contributed by atoms with Gasteiger partial charge in [-0.1, -0.05) is 18.2 Å². The van der Waals surface area contributed by atoms with Gasteiger partial charge in [0.15, 0.2) is 0 Å². The number of aromatic amines is 1. The van der Waals surface area contributed by atoms with Gasteiger partial charge in [0, 0.05) is 17.3 Å². The molecular formula is C12H16N2O. The largest absolute Gasteiger partial charge is 0.394 e. The van der Waals surface area contributed by atoms with Gasteiger partial charge in [-0.2, -0.15) is 0 Å². The Balaban J connectivity index is 2.39. The lowest BCUT2D eigenvalue weighted by Crippen LogP contribution is -2.42. The lowest BCUT2D eigenvalue weighted by Gasteiger charge is -2.21. The summed E-state index contributed by atoms with van der Waals surface area (Å²) in [5.74, 6) is 0. The van der Waals surface area contributed by atoms with E-state index in [-0.39, 0.29) is 6.61 Å². The van der Waals surface area contributed by atoms with Crippen LogP contribution in [0, 0.1) is 0 Å². The molecule has 2 rings (SSSR count). The second-order valence-electron chi connectivity index (χ2n) is 4.35. The fourth-order valence-corrected chi connectivity index (χ4v) is 1.79. The number of aromatic nitrogens is 1. The molecule has 0 amide bonds. The minimum atomic E-state index is -0.556. The number of fused-ring (bicyclic) bond motifs is 1. The first-order valence-corrected chi connectivity index (χ1v) is 5.07. The first-order valence-electron chi connectivity index (χ1n) is 5.07. The lowest BCUT2D eigenvalue weighted by atomic mass is 9.94. The van der Waals surface area contributed by atoms with Crippen molar-refractivity contribution in [3.8, 4) is 0 Å². The molecule has 0 saturated carbocycles. The molecule has 1 heterocycles. The van der Waals surface area contributed by atoms with Crippen molar-refractivity contribution in [1.29, 1.82) is 0 Å². The van der Waals surface area contributed by atoms with Crippen molar-refractivity contribution in [3.63, 3.8) is 0 Å². The maximum absolute atomic E-state index is 9.14. The van der Waals surface area contributed by atoms with Crippen LogP contribution in [0.4, 0.5) is 0 Å². The summed E-state index contributed by atoms with van der Waals surface area (Å²) in [5.41, 5.74) is 7.65. The van der Waals surface area contributed by atoms with Gasteiger partial charge in [-0.25, -0.2) is 0 Å². The second-order valence-corrected chi connectivity index (χ2v) is 4.35. The number of nitrogens with two attached hydrogens (primary N) is 1. The molecule has 2 aromatic rings. The Bertz CT molecular complexity index is 459. The van der Waals surface area contributed by atoms with E-state index in [0.29, 0.717) is 6.42 Å². The number of nitrogens with one attached hydrogen (secondary N) is 1. The van der Waals surface area contributed by atoms with E-state index >= 15 is 0 Å². The second kappa shape index (κ2) is 3.68. The van der Waals surface area contributed by atoms with E-state index in [9.17, 15) is 0 Å². The van der Waals surface area contributed by atoms with Crippen molar-refractivity contribution in [3.05, 3.63) is 36.0 Å². The molecule has 80 valence electrons. The summed E-state index contributed by atoms with van der Waals surface area (Å²) in [6.07, 6.45) is 2.59. The van der Waals surface area contributed by atoms with Crippen molar-refractivity contribution in [1.82, 2.24) is 4.98 Å². The maximum Gasteiger partial charge on any atom is 0.0611 e. The lowest BCUT2D eigenvalue weighted by molar-refractivity contribution is 0.208. The fourth-order valence-electron chi connectivity index (χ4n) is 1.79. The standard InChI is InChI=1S/C12H16N2O/c1-12(13,8-15)7-10-4-2-3-9-5-6-14-11(9)10/h2-6,14-15H,7-8,13H2,1H3. The third-order valence-corrected chi connectivity index (χ3v) is 2.63. The van der Waals surface area contributed by atoms with Crippen LogP contribution in [0.15, 0.2) is 30.5 Å². The van der Waals surface area contributed by atoms with E-state index in [2.05, 4.69) is 11.1 Å². The molecule has 1 atom stereocenters. The van der Waals surface area contributed by atoms with Gasteiger partial charge in [0.2, 0.25) is 0 Å². The molecule has 0 saturated heterocycles. The van der Waals surface area contributed by atoms with Crippen molar-refractivity contribution < 1.29 is 5.11 Å². The maximum atomic E-state index is 9.14. The SMILES string of the molecule is CC(N)(CO)Cc1cccc2cc[nH]c12. The summed E-state index contributed by atoms with van der Waals surface area (Å²) in [7, 11) is 0. The number of hydrogen-bond donors (Lipinski definition) is 3. The molecule has 1 aromatic heterocycles. The van der Waals surface area contributed by atoms with Crippen LogP contribution in [0.3, 0.4) is 0 Å². The highest BCUT2D eigenvalue weighted by atomic mass is 16.3. The van der Waals surface area contributed by atoms with Gasteiger partial charge in [-0.05, 0) is 30.4 Å². The first-order chi connectivity index (χ1) is 7.12. The van der Waals surface area contributed by atoms with Gasteiger partial charge in [0.25, 0.3) is 0 Å². The number of hydrogen-bond acceptors (Lipinski definition) is 2. The topological polar surface area (TPSA) is 62.0 Å². The molecule has 0 spiro atoms. The zero-order chi connectivity index (χ0) is 10.9. The van der Waals surface area contributed by atoms with Gasteiger partial charge in [0.1, 0.15) is 0 Å². The normalized spacial score (nSPS) is 15.4. The molecule has 0 aliphatic rings. The van der Waals surface area contributed by atoms with Crippen LogP contribution < -0.4 is 5.73 Å². The Morgan fingerprint density at radius 1 is 1.40 bits per heavy atom. The van der Waals surface area contributed by atoms with Gasteiger partial charge in [-0.3, -0.25) is 0 Å². The Hall–Kier alpha value is -1.32. The van der Waals surface area contributed by atoms with E-state index in [4.69, 9.17) is 10.8 Å². The summed E-state index contributed by atoms with van der Waals surface area (Å²) in [6, 6.07) is 8.15. The van der Waals surface area contributed by atoms with Crippen LogP contribution in [0.2, 0.25) is 0 Å². The third kappa shape index (κ3) is 2.03. The monoisotopic (exact) mass is 204 g/mol. The van der Waals surface area contributed by atoms with Crippen LogP contribution >= 0.6 is 0 Å². The van der Waals surface area contributed by atoms with Gasteiger partial charge >= 0.3 is 0 Å². The summed E-state index contributed by atoms with van der Waals surface area (Å²) in [6.45, 7) is 1.85. The highest BCUT2D eigenvalue weighted by Crippen LogP contribution is 2.20.